The van der Waals surface area contributed by atoms with Crippen LogP contribution in [0.2, 0.25) is 10.0 Å². The SMILES string of the molecule is O=Cc1cc(Cl)cc(Cl)c1C(=O)O.[H-].[Li+]. The second kappa shape index (κ2) is 5.43. The summed E-state index contributed by atoms with van der Waals surface area (Å²) in [7, 11) is 0. The third-order valence-corrected chi connectivity index (χ3v) is 1.94. The Morgan fingerprint density at radius 2 is 2.00 bits per heavy atom. The van der Waals surface area contributed by atoms with Gasteiger partial charge in [0.15, 0.2) is 6.29 Å². The third kappa shape index (κ3) is 2.76. The second-order valence-electron chi connectivity index (χ2n) is 2.27. The average Bonchev–Trinajstić information content (AvgIpc) is 2.01. The normalized spacial score (nSPS) is 9.00. The van der Waals surface area contributed by atoms with Gasteiger partial charge in [0.1, 0.15) is 0 Å². The number of rotatable bonds is 2. The van der Waals surface area contributed by atoms with Crippen LogP contribution in [0.25, 0.3) is 0 Å². The average molecular weight is 227 g/mol. The number of carbonyl (C=O) groups excluding carboxylic acids is 1. The summed E-state index contributed by atoms with van der Waals surface area (Å²) in [6.45, 7) is 0. The van der Waals surface area contributed by atoms with Crippen molar-refractivity contribution in [1.82, 2.24) is 0 Å². The Morgan fingerprint density at radius 3 is 2.43 bits per heavy atom. The Bertz CT molecular complexity index is 384. The molecule has 1 aromatic rings. The maximum Gasteiger partial charge on any atom is 1.00 e. The summed E-state index contributed by atoms with van der Waals surface area (Å²) in [5, 5.41) is 8.88. The molecule has 3 nitrogen and oxygen atoms in total. The number of hydrogen-bond donors (Lipinski definition) is 1. The van der Waals surface area contributed by atoms with Gasteiger partial charge in [0, 0.05) is 10.6 Å². The molecule has 0 aromatic heterocycles. The van der Waals surface area contributed by atoms with E-state index < -0.39 is 5.97 Å². The summed E-state index contributed by atoms with van der Waals surface area (Å²) in [4.78, 5) is 21.1. The molecule has 0 atom stereocenters. The van der Waals surface area contributed by atoms with Gasteiger partial charge in [-0.1, -0.05) is 23.2 Å². The molecule has 0 fully saturated rings. The quantitative estimate of drug-likeness (QED) is 0.553. The molecule has 0 aliphatic heterocycles. The molecule has 0 radical (unpaired) electrons. The largest absolute Gasteiger partial charge is 1.00 e. The number of halogens is 2. The number of hydrogen-bond acceptors (Lipinski definition) is 2. The first-order chi connectivity index (χ1) is 6.06. The Balaban J connectivity index is 0. The molecule has 0 amide bonds. The van der Waals surface area contributed by atoms with Gasteiger partial charge in [0.2, 0.25) is 0 Å². The summed E-state index contributed by atoms with van der Waals surface area (Å²) < 4.78 is 0. The molecule has 14 heavy (non-hydrogen) atoms. The molecule has 70 valence electrons. The van der Waals surface area contributed by atoms with Crippen molar-refractivity contribution in [2.24, 2.45) is 0 Å². The molecule has 0 saturated heterocycles. The van der Waals surface area contributed by atoms with Gasteiger partial charge in [-0.25, -0.2) is 4.79 Å². The van der Waals surface area contributed by atoms with Crippen LogP contribution < -0.4 is 18.9 Å². The van der Waals surface area contributed by atoms with Crippen LogP contribution in [0.1, 0.15) is 22.1 Å². The molecular weight excluding hydrogens is 222 g/mol. The van der Waals surface area contributed by atoms with Gasteiger partial charge in [-0.3, -0.25) is 4.79 Å². The Hall–Kier alpha value is -0.463. The van der Waals surface area contributed by atoms with Crippen molar-refractivity contribution in [2.45, 2.75) is 0 Å². The van der Waals surface area contributed by atoms with E-state index in [0.29, 0.717) is 6.29 Å². The first-order valence-corrected chi connectivity index (χ1v) is 3.99. The molecule has 6 heteroatoms. The Morgan fingerprint density at radius 1 is 1.43 bits per heavy atom. The van der Waals surface area contributed by atoms with E-state index in [2.05, 4.69) is 0 Å². The van der Waals surface area contributed by atoms with E-state index in [1.54, 1.807) is 0 Å². The van der Waals surface area contributed by atoms with Gasteiger partial charge in [0.05, 0.1) is 10.6 Å². The van der Waals surface area contributed by atoms with Crippen LogP contribution >= 0.6 is 23.2 Å². The maximum atomic E-state index is 10.6. The molecular formula is C8H5Cl2LiO3. The van der Waals surface area contributed by atoms with Crippen LogP contribution in [0.4, 0.5) is 0 Å². The van der Waals surface area contributed by atoms with E-state index in [9.17, 15) is 9.59 Å². The zero-order valence-corrected chi connectivity index (χ0v) is 8.76. The minimum absolute atomic E-state index is 0. The topological polar surface area (TPSA) is 54.4 Å². The summed E-state index contributed by atoms with van der Waals surface area (Å²) in [5.41, 5.74) is -0.244. The fourth-order valence-electron chi connectivity index (χ4n) is 0.912. The molecule has 0 heterocycles. The summed E-state index contributed by atoms with van der Waals surface area (Å²) in [5.74, 6) is -1.25. The molecule has 0 saturated carbocycles. The number of aldehydes is 1. The Kier molecular flexibility index (Phi) is 5.25. The molecule has 1 rings (SSSR count). The minimum Gasteiger partial charge on any atom is -1.00 e. The molecule has 0 aliphatic carbocycles. The predicted octanol–water partition coefficient (Wildman–Crippen LogP) is -0.379. The van der Waals surface area contributed by atoms with E-state index in [4.69, 9.17) is 28.3 Å². The van der Waals surface area contributed by atoms with Crippen LogP contribution in [0, 0.1) is 0 Å². The van der Waals surface area contributed by atoms with Gasteiger partial charge in [-0.05, 0) is 12.1 Å². The van der Waals surface area contributed by atoms with Crippen molar-refractivity contribution in [1.29, 1.82) is 0 Å². The second-order valence-corrected chi connectivity index (χ2v) is 3.12. The standard InChI is InChI=1S/C8H4Cl2O3.Li.H/c9-5-1-4(3-11)7(8(12)13)6(10)2-5;;/h1-3H,(H,12,13);;/q;+1;-1. The number of carboxylic acids is 1. The van der Waals surface area contributed by atoms with Gasteiger partial charge >= 0.3 is 24.8 Å². The third-order valence-electron chi connectivity index (χ3n) is 1.43. The predicted molar refractivity (Wildman–Crippen MR) is 49.9 cm³/mol. The van der Waals surface area contributed by atoms with Crippen LogP contribution in [0.15, 0.2) is 12.1 Å². The van der Waals surface area contributed by atoms with Gasteiger partial charge in [-0.15, -0.1) is 0 Å². The zero-order chi connectivity index (χ0) is 10.0. The minimum atomic E-state index is -1.25. The maximum absolute atomic E-state index is 10.6. The van der Waals surface area contributed by atoms with Gasteiger partial charge in [-0.2, -0.15) is 0 Å². The van der Waals surface area contributed by atoms with Gasteiger partial charge in [0.25, 0.3) is 0 Å². The molecule has 0 spiro atoms. The molecule has 0 aliphatic rings. The van der Waals surface area contributed by atoms with Crippen molar-refractivity contribution in [2.75, 3.05) is 0 Å². The van der Waals surface area contributed by atoms with Crippen molar-refractivity contribution in [3.63, 3.8) is 0 Å². The number of carboxylic acid groups (broad SMARTS) is 1. The Labute approximate surface area is 104 Å². The van der Waals surface area contributed by atoms with Crippen molar-refractivity contribution < 1.29 is 35.0 Å². The van der Waals surface area contributed by atoms with Crippen molar-refractivity contribution >= 4 is 35.5 Å². The molecule has 0 unspecified atom stereocenters. The smallest absolute Gasteiger partial charge is 1.00 e. The van der Waals surface area contributed by atoms with E-state index in [0.717, 1.165) is 0 Å². The van der Waals surface area contributed by atoms with Crippen LogP contribution in [0.3, 0.4) is 0 Å². The summed E-state index contributed by atoms with van der Waals surface area (Å²) >= 11 is 11.2. The first-order valence-electron chi connectivity index (χ1n) is 3.23. The molecule has 1 aromatic carbocycles. The van der Waals surface area contributed by atoms with E-state index >= 15 is 0 Å². The van der Waals surface area contributed by atoms with Crippen LogP contribution in [0.5, 0.6) is 0 Å². The van der Waals surface area contributed by atoms with Gasteiger partial charge < -0.3 is 6.53 Å². The van der Waals surface area contributed by atoms with Crippen molar-refractivity contribution in [3.8, 4) is 0 Å². The number of carbonyl (C=O) groups is 2. The van der Waals surface area contributed by atoms with Crippen LogP contribution in [-0.4, -0.2) is 17.4 Å². The van der Waals surface area contributed by atoms with E-state index in [-0.39, 0.29) is 41.5 Å². The fraction of sp³-hybridized carbons (Fsp3) is 0. The monoisotopic (exact) mass is 226 g/mol. The first kappa shape index (κ1) is 13.5. The summed E-state index contributed by atoms with van der Waals surface area (Å²) in [6.07, 6.45) is 0.404. The summed E-state index contributed by atoms with van der Waals surface area (Å²) in [6, 6.07) is 2.53. The molecule has 0 bridgehead atoms. The number of aromatic carboxylic acids is 1. The van der Waals surface area contributed by atoms with E-state index in [1.165, 1.54) is 12.1 Å². The van der Waals surface area contributed by atoms with E-state index in [1.807, 2.05) is 0 Å². The fourth-order valence-corrected chi connectivity index (χ4v) is 1.50. The zero-order valence-electron chi connectivity index (χ0n) is 8.25. The number of benzene rings is 1. The van der Waals surface area contributed by atoms with Crippen molar-refractivity contribution in [3.05, 3.63) is 33.3 Å². The van der Waals surface area contributed by atoms with Crippen LogP contribution in [-0.2, 0) is 0 Å². The molecule has 1 N–H and O–H groups in total.